The van der Waals surface area contributed by atoms with E-state index in [1.54, 1.807) is 16.8 Å². The second-order valence-corrected chi connectivity index (χ2v) is 3.07. The zero-order valence-corrected chi connectivity index (χ0v) is 7.43. The predicted octanol–water partition coefficient (Wildman–Crippen LogP) is 1.49. The number of rotatable bonds is 2. The van der Waals surface area contributed by atoms with E-state index < -0.39 is 0 Å². The van der Waals surface area contributed by atoms with Crippen molar-refractivity contribution in [1.82, 2.24) is 20.2 Å². The van der Waals surface area contributed by atoms with Crippen molar-refractivity contribution in [3.63, 3.8) is 0 Å². The van der Waals surface area contributed by atoms with E-state index in [-0.39, 0.29) is 0 Å². The molecule has 0 aliphatic rings. The maximum Gasteiger partial charge on any atom is 0.180 e. The van der Waals surface area contributed by atoms with Gasteiger partial charge in [-0.15, -0.1) is 21.5 Å². The highest BCUT2D eigenvalue weighted by Gasteiger charge is 2.04. The van der Waals surface area contributed by atoms with Gasteiger partial charge in [0.05, 0.1) is 5.51 Å². The summed E-state index contributed by atoms with van der Waals surface area (Å²) >= 11 is 1.55. The molecule has 2 aromatic rings. The smallest absolute Gasteiger partial charge is 0.180 e. The number of hydrogen-bond donors (Lipinski definition) is 1. The molecule has 0 bridgehead atoms. The monoisotopic (exact) mass is 180 g/mol. The molecule has 2 heterocycles. The van der Waals surface area contributed by atoms with E-state index in [0.29, 0.717) is 0 Å². The zero-order chi connectivity index (χ0) is 8.39. The first-order valence-electron chi connectivity index (χ1n) is 3.70. The first kappa shape index (κ1) is 7.42. The molecule has 4 nitrogen and oxygen atoms in total. The van der Waals surface area contributed by atoms with Crippen molar-refractivity contribution in [3.8, 4) is 11.5 Å². The molecule has 0 saturated carbocycles. The van der Waals surface area contributed by atoms with E-state index in [9.17, 15) is 0 Å². The lowest BCUT2D eigenvalue weighted by molar-refractivity contribution is 0.946. The molecule has 0 fully saturated rings. The molecule has 0 atom stereocenters. The average molecular weight is 180 g/mol. The second kappa shape index (κ2) is 3.02. The number of nitrogens with zero attached hydrogens (tertiary/aromatic N) is 3. The minimum Gasteiger partial charge on any atom is -0.324 e. The molecule has 2 rings (SSSR count). The maximum atomic E-state index is 4.12. The number of H-pyrrole nitrogens is 1. The molecule has 0 aliphatic heterocycles. The minimum atomic E-state index is 0.758. The van der Waals surface area contributed by atoms with E-state index in [4.69, 9.17) is 0 Å². The Morgan fingerprint density at radius 2 is 2.42 bits per heavy atom. The van der Waals surface area contributed by atoms with Crippen LogP contribution in [0, 0.1) is 0 Å². The highest BCUT2D eigenvalue weighted by atomic mass is 32.1. The van der Waals surface area contributed by atoms with Gasteiger partial charge in [-0.3, -0.25) is 0 Å². The molecule has 0 radical (unpaired) electrons. The lowest BCUT2D eigenvalue weighted by Crippen LogP contribution is -1.81. The third-order valence-electron chi connectivity index (χ3n) is 1.54. The number of nitrogens with one attached hydrogen (secondary N) is 1. The molecule has 0 saturated heterocycles. The first-order valence-corrected chi connectivity index (χ1v) is 4.64. The molecule has 2 aromatic heterocycles. The summed E-state index contributed by atoms with van der Waals surface area (Å²) in [6.45, 7) is 2.03. The Balaban J connectivity index is 2.35. The van der Waals surface area contributed by atoms with Gasteiger partial charge in [0, 0.05) is 11.8 Å². The van der Waals surface area contributed by atoms with Crippen LogP contribution in [0.2, 0.25) is 0 Å². The van der Waals surface area contributed by atoms with Crippen molar-refractivity contribution in [2.75, 3.05) is 0 Å². The van der Waals surface area contributed by atoms with Crippen molar-refractivity contribution < 1.29 is 0 Å². The Labute approximate surface area is 73.7 Å². The summed E-state index contributed by atoms with van der Waals surface area (Å²) in [4.78, 5) is 7.21. The fourth-order valence-corrected chi connectivity index (χ4v) is 1.44. The standard InChI is InChI=1S/C7H8N4S/c1-2-6-9-7(11-10-6)5-3-12-4-8-5/h3-4H,2H2,1H3,(H,9,10,11). The Morgan fingerprint density at radius 3 is 3.00 bits per heavy atom. The summed E-state index contributed by atoms with van der Waals surface area (Å²) < 4.78 is 0. The van der Waals surface area contributed by atoms with Crippen molar-refractivity contribution in [2.24, 2.45) is 0 Å². The Morgan fingerprint density at radius 1 is 1.50 bits per heavy atom. The van der Waals surface area contributed by atoms with E-state index in [0.717, 1.165) is 23.8 Å². The van der Waals surface area contributed by atoms with Gasteiger partial charge in [0.2, 0.25) is 0 Å². The van der Waals surface area contributed by atoms with Gasteiger partial charge >= 0.3 is 0 Å². The zero-order valence-electron chi connectivity index (χ0n) is 6.61. The molecule has 0 aromatic carbocycles. The van der Waals surface area contributed by atoms with Crippen molar-refractivity contribution in [1.29, 1.82) is 0 Å². The second-order valence-electron chi connectivity index (χ2n) is 2.35. The molecule has 1 N–H and O–H groups in total. The molecular formula is C7H8N4S. The molecule has 0 spiro atoms. The summed E-state index contributed by atoms with van der Waals surface area (Å²) in [5.74, 6) is 1.66. The van der Waals surface area contributed by atoms with E-state index >= 15 is 0 Å². The lowest BCUT2D eigenvalue weighted by atomic mass is 10.4. The van der Waals surface area contributed by atoms with Crippen LogP contribution in [0.5, 0.6) is 0 Å². The Hall–Kier alpha value is -1.23. The predicted molar refractivity (Wildman–Crippen MR) is 46.9 cm³/mol. The van der Waals surface area contributed by atoms with E-state index in [1.165, 1.54) is 0 Å². The van der Waals surface area contributed by atoms with E-state index in [1.807, 2.05) is 12.3 Å². The van der Waals surface area contributed by atoms with Crippen LogP contribution < -0.4 is 0 Å². The van der Waals surface area contributed by atoms with Crippen LogP contribution in [-0.4, -0.2) is 20.2 Å². The number of hydrogen-bond acceptors (Lipinski definition) is 4. The Bertz CT molecular complexity index is 351. The molecule has 62 valence electrons. The molecule has 0 aliphatic carbocycles. The van der Waals surface area contributed by atoms with Crippen LogP contribution in [0.15, 0.2) is 10.9 Å². The Kier molecular flexibility index (Phi) is 1.87. The number of aromatic nitrogens is 4. The van der Waals surface area contributed by atoms with Crippen LogP contribution in [0.4, 0.5) is 0 Å². The van der Waals surface area contributed by atoms with Gasteiger partial charge in [-0.1, -0.05) is 6.92 Å². The maximum absolute atomic E-state index is 4.12. The minimum absolute atomic E-state index is 0.758. The molecule has 0 unspecified atom stereocenters. The van der Waals surface area contributed by atoms with Gasteiger partial charge in [-0.05, 0) is 0 Å². The highest BCUT2D eigenvalue weighted by molar-refractivity contribution is 7.07. The van der Waals surface area contributed by atoms with Gasteiger partial charge in [0.15, 0.2) is 5.82 Å². The summed E-state index contributed by atoms with van der Waals surface area (Å²) in [5, 5.41) is 9.86. The number of aromatic amines is 1. The fourth-order valence-electron chi connectivity index (χ4n) is 0.901. The van der Waals surface area contributed by atoms with Gasteiger partial charge < -0.3 is 4.98 Å². The highest BCUT2D eigenvalue weighted by Crippen LogP contribution is 2.13. The summed E-state index contributed by atoms with van der Waals surface area (Å²) in [7, 11) is 0. The van der Waals surface area contributed by atoms with Crippen LogP contribution in [-0.2, 0) is 6.42 Å². The van der Waals surface area contributed by atoms with Crippen LogP contribution >= 0.6 is 11.3 Å². The van der Waals surface area contributed by atoms with Crippen LogP contribution in [0.1, 0.15) is 12.7 Å². The normalized spacial score (nSPS) is 10.4. The molecule has 0 amide bonds. The quantitative estimate of drug-likeness (QED) is 0.761. The number of thiazole rings is 1. The van der Waals surface area contributed by atoms with E-state index in [2.05, 4.69) is 20.2 Å². The van der Waals surface area contributed by atoms with Gasteiger partial charge in [-0.2, -0.15) is 0 Å². The molecule has 5 heteroatoms. The first-order chi connectivity index (χ1) is 5.90. The van der Waals surface area contributed by atoms with Crippen molar-refractivity contribution in [3.05, 3.63) is 16.7 Å². The molecular weight excluding hydrogens is 172 g/mol. The third-order valence-corrected chi connectivity index (χ3v) is 2.13. The van der Waals surface area contributed by atoms with Gasteiger partial charge in [0.25, 0.3) is 0 Å². The average Bonchev–Trinajstić information content (AvgIpc) is 2.75. The van der Waals surface area contributed by atoms with Crippen LogP contribution in [0.3, 0.4) is 0 Å². The van der Waals surface area contributed by atoms with Gasteiger partial charge in [0.1, 0.15) is 11.5 Å². The third kappa shape index (κ3) is 1.23. The van der Waals surface area contributed by atoms with Crippen LogP contribution in [0.25, 0.3) is 11.5 Å². The fraction of sp³-hybridized carbons (Fsp3) is 0.286. The summed E-state index contributed by atoms with van der Waals surface area (Å²) in [6.07, 6.45) is 0.872. The lowest BCUT2D eigenvalue weighted by Gasteiger charge is -1.85. The summed E-state index contributed by atoms with van der Waals surface area (Å²) in [5.41, 5.74) is 2.65. The topological polar surface area (TPSA) is 54.5 Å². The van der Waals surface area contributed by atoms with Gasteiger partial charge in [-0.25, -0.2) is 4.98 Å². The molecule has 12 heavy (non-hydrogen) atoms. The number of aryl methyl sites for hydroxylation is 1. The van der Waals surface area contributed by atoms with Crippen molar-refractivity contribution in [2.45, 2.75) is 13.3 Å². The largest absolute Gasteiger partial charge is 0.324 e. The SMILES string of the molecule is CCc1nnc(-c2cscn2)[nH]1. The summed E-state index contributed by atoms with van der Waals surface area (Å²) in [6, 6.07) is 0. The van der Waals surface area contributed by atoms with Crippen molar-refractivity contribution >= 4 is 11.3 Å².